The molecular formula is C27H24ClNO2. The monoisotopic (exact) mass is 429 g/mol. The third-order valence-corrected chi connectivity index (χ3v) is 5.75. The SMILES string of the molecule is Cc1ccc(C)c(OC(=O)c2c(C)c(-c3cccc(Cl)c3)nc3c(C)cc(C)cc23)c1. The number of fused-ring (bicyclic) bond motifs is 1. The van der Waals surface area contributed by atoms with Crippen LogP contribution in [0.4, 0.5) is 0 Å². The fraction of sp³-hybridized carbons (Fsp3) is 0.185. The van der Waals surface area contributed by atoms with Gasteiger partial charge in [0.25, 0.3) is 0 Å². The van der Waals surface area contributed by atoms with E-state index in [1.807, 2.05) is 83.1 Å². The zero-order valence-corrected chi connectivity index (χ0v) is 19.1. The Labute approximate surface area is 187 Å². The highest BCUT2D eigenvalue weighted by molar-refractivity contribution is 6.30. The van der Waals surface area contributed by atoms with Gasteiger partial charge in [-0.05, 0) is 81.1 Å². The first kappa shape index (κ1) is 21.1. The molecule has 0 saturated carbocycles. The molecule has 4 rings (SSSR count). The van der Waals surface area contributed by atoms with E-state index < -0.39 is 0 Å². The molecule has 0 radical (unpaired) electrons. The number of carbonyl (C=O) groups excluding carboxylic acids is 1. The van der Waals surface area contributed by atoms with Crippen molar-refractivity contribution < 1.29 is 9.53 Å². The minimum atomic E-state index is -0.383. The summed E-state index contributed by atoms with van der Waals surface area (Å²) in [4.78, 5) is 18.5. The van der Waals surface area contributed by atoms with Crippen LogP contribution in [0.25, 0.3) is 22.2 Å². The number of aromatic nitrogens is 1. The van der Waals surface area contributed by atoms with Crippen LogP contribution in [0.15, 0.2) is 54.6 Å². The van der Waals surface area contributed by atoms with Gasteiger partial charge in [0.2, 0.25) is 0 Å². The second kappa shape index (κ2) is 8.16. The first-order valence-corrected chi connectivity index (χ1v) is 10.6. The lowest BCUT2D eigenvalue weighted by Gasteiger charge is -2.17. The molecule has 0 saturated heterocycles. The van der Waals surface area contributed by atoms with Crippen LogP contribution < -0.4 is 4.74 Å². The molecule has 0 spiro atoms. The van der Waals surface area contributed by atoms with Gasteiger partial charge in [-0.15, -0.1) is 0 Å². The fourth-order valence-corrected chi connectivity index (χ4v) is 4.15. The third kappa shape index (κ3) is 4.06. The van der Waals surface area contributed by atoms with Crippen molar-refractivity contribution >= 4 is 28.5 Å². The lowest BCUT2D eigenvalue weighted by atomic mass is 9.95. The van der Waals surface area contributed by atoms with Gasteiger partial charge >= 0.3 is 5.97 Å². The highest BCUT2D eigenvalue weighted by Crippen LogP contribution is 2.34. The number of aryl methyl sites for hydroxylation is 4. The molecule has 0 atom stereocenters. The molecule has 4 aromatic rings. The number of benzene rings is 3. The van der Waals surface area contributed by atoms with E-state index in [2.05, 4.69) is 6.07 Å². The Bertz CT molecular complexity index is 1340. The molecule has 0 N–H and O–H groups in total. The number of halogens is 1. The van der Waals surface area contributed by atoms with Crippen LogP contribution in [0.3, 0.4) is 0 Å². The van der Waals surface area contributed by atoms with Crippen LogP contribution >= 0.6 is 11.6 Å². The van der Waals surface area contributed by atoms with Crippen LogP contribution in [0.5, 0.6) is 5.75 Å². The molecule has 3 nitrogen and oxygen atoms in total. The first-order chi connectivity index (χ1) is 14.7. The van der Waals surface area contributed by atoms with Gasteiger partial charge in [-0.3, -0.25) is 0 Å². The number of nitrogens with zero attached hydrogens (tertiary/aromatic N) is 1. The Morgan fingerprint density at radius 2 is 1.65 bits per heavy atom. The molecule has 4 heteroatoms. The Balaban J connectivity index is 1.97. The standard InChI is InChI=1S/C27H24ClNO2/c1-15-9-10-17(3)23(13-15)31-27(30)24-19(5)26(20-7-6-8-21(28)14-20)29-25-18(4)11-16(2)12-22(24)25/h6-14H,1-5H3. The van der Waals surface area contributed by atoms with Crippen LogP contribution in [0, 0.1) is 34.6 Å². The molecule has 0 aliphatic rings. The van der Waals surface area contributed by atoms with Gasteiger partial charge in [-0.1, -0.05) is 47.5 Å². The first-order valence-electron chi connectivity index (χ1n) is 10.2. The molecule has 1 heterocycles. The molecule has 0 fully saturated rings. The number of ether oxygens (including phenoxy) is 1. The van der Waals surface area contributed by atoms with Crippen molar-refractivity contribution in [2.24, 2.45) is 0 Å². The summed E-state index contributed by atoms with van der Waals surface area (Å²) in [5.74, 6) is 0.190. The number of pyridine rings is 1. The number of rotatable bonds is 3. The minimum Gasteiger partial charge on any atom is -0.423 e. The Morgan fingerprint density at radius 3 is 2.39 bits per heavy atom. The van der Waals surface area contributed by atoms with Gasteiger partial charge < -0.3 is 4.74 Å². The van der Waals surface area contributed by atoms with Crippen molar-refractivity contribution in [2.45, 2.75) is 34.6 Å². The maximum Gasteiger partial charge on any atom is 0.344 e. The molecule has 156 valence electrons. The Morgan fingerprint density at radius 1 is 0.871 bits per heavy atom. The molecule has 0 bridgehead atoms. The average Bonchev–Trinajstić information content (AvgIpc) is 2.70. The second-order valence-corrected chi connectivity index (χ2v) is 8.54. The Kier molecular flexibility index (Phi) is 5.55. The average molecular weight is 430 g/mol. The highest BCUT2D eigenvalue weighted by Gasteiger charge is 2.22. The lowest BCUT2D eigenvalue weighted by Crippen LogP contribution is -2.14. The minimum absolute atomic E-state index is 0.383. The van der Waals surface area contributed by atoms with Crippen LogP contribution in [-0.4, -0.2) is 11.0 Å². The highest BCUT2D eigenvalue weighted by atomic mass is 35.5. The van der Waals surface area contributed by atoms with Gasteiger partial charge in [-0.25, -0.2) is 9.78 Å². The summed E-state index contributed by atoms with van der Waals surface area (Å²) in [5.41, 5.74) is 7.74. The van der Waals surface area contributed by atoms with Crippen LogP contribution in [0.2, 0.25) is 5.02 Å². The second-order valence-electron chi connectivity index (χ2n) is 8.11. The van der Waals surface area contributed by atoms with Crippen molar-refractivity contribution in [1.82, 2.24) is 4.98 Å². The van der Waals surface area contributed by atoms with E-state index in [4.69, 9.17) is 21.3 Å². The predicted molar refractivity (Wildman–Crippen MR) is 127 cm³/mol. The van der Waals surface area contributed by atoms with Gasteiger partial charge in [0.1, 0.15) is 5.75 Å². The van der Waals surface area contributed by atoms with Crippen molar-refractivity contribution in [3.63, 3.8) is 0 Å². The topological polar surface area (TPSA) is 39.2 Å². The number of carbonyl (C=O) groups is 1. The summed E-state index contributed by atoms with van der Waals surface area (Å²) in [7, 11) is 0. The van der Waals surface area contributed by atoms with E-state index in [0.29, 0.717) is 16.3 Å². The molecule has 3 aromatic carbocycles. The molecule has 0 aliphatic carbocycles. The van der Waals surface area contributed by atoms with Gasteiger partial charge in [0.05, 0.1) is 16.8 Å². The fourth-order valence-electron chi connectivity index (χ4n) is 3.96. The van der Waals surface area contributed by atoms with Crippen LogP contribution in [0.1, 0.15) is 38.2 Å². The predicted octanol–water partition coefficient (Wildman–Crippen LogP) is 7.32. The zero-order valence-electron chi connectivity index (χ0n) is 18.3. The van der Waals surface area contributed by atoms with E-state index in [9.17, 15) is 4.79 Å². The van der Waals surface area contributed by atoms with Gasteiger partial charge in [0, 0.05) is 16.0 Å². The van der Waals surface area contributed by atoms with Crippen molar-refractivity contribution in [1.29, 1.82) is 0 Å². The number of hydrogen-bond acceptors (Lipinski definition) is 3. The largest absolute Gasteiger partial charge is 0.423 e. The molecule has 31 heavy (non-hydrogen) atoms. The van der Waals surface area contributed by atoms with E-state index in [1.54, 1.807) is 0 Å². The molecule has 1 aromatic heterocycles. The summed E-state index contributed by atoms with van der Waals surface area (Å²) in [5, 5.41) is 1.43. The third-order valence-electron chi connectivity index (χ3n) is 5.52. The normalized spacial score (nSPS) is 11.0. The van der Waals surface area contributed by atoms with E-state index in [1.165, 1.54) is 0 Å². The lowest BCUT2D eigenvalue weighted by molar-refractivity contribution is 0.0735. The summed E-state index contributed by atoms with van der Waals surface area (Å²) in [6.07, 6.45) is 0. The maximum absolute atomic E-state index is 13.5. The molecule has 0 unspecified atom stereocenters. The number of hydrogen-bond donors (Lipinski definition) is 0. The summed E-state index contributed by atoms with van der Waals surface area (Å²) < 4.78 is 5.90. The number of esters is 1. The smallest absolute Gasteiger partial charge is 0.344 e. The summed E-state index contributed by atoms with van der Waals surface area (Å²) >= 11 is 6.24. The molecule has 0 amide bonds. The van der Waals surface area contributed by atoms with Crippen molar-refractivity contribution in [3.8, 4) is 17.0 Å². The molecule has 0 aliphatic heterocycles. The summed E-state index contributed by atoms with van der Waals surface area (Å²) in [6, 6.07) is 17.5. The van der Waals surface area contributed by atoms with E-state index >= 15 is 0 Å². The van der Waals surface area contributed by atoms with E-state index in [0.717, 1.165) is 50.0 Å². The summed E-state index contributed by atoms with van der Waals surface area (Å²) in [6.45, 7) is 9.87. The van der Waals surface area contributed by atoms with Crippen molar-refractivity contribution in [2.75, 3.05) is 0 Å². The van der Waals surface area contributed by atoms with Crippen LogP contribution in [-0.2, 0) is 0 Å². The van der Waals surface area contributed by atoms with Gasteiger partial charge in [0.15, 0.2) is 0 Å². The maximum atomic E-state index is 13.5. The Hall–Kier alpha value is -3.17. The molecular weight excluding hydrogens is 406 g/mol. The van der Waals surface area contributed by atoms with Gasteiger partial charge in [-0.2, -0.15) is 0 Å². The van der Waals surface area contributed by atoms with Crippen molar-refractivity contribution in [3.05, 3.63) is 93.0 Å². The van der Waals surface area contributed by atoms with E-state index in [-0.39, 0.29) is 5.97 Å². The quantitative estimate of drug-likeness (QED) is 0.253. The zero-order chi connectivity index (χ0) is 22.3.